The van der Waals surface area contributed by atoms with E-state index in [4.69, 9.17) is 4.74 Å². The zero-order valence-electron chi connectivity index (χ0n) is 14.1. The number of carbonyl (C=O) groups excluding carboxylic acids is 1. The Balaban J connectivity index is 1.47. The quantitative estimate of drug-likeness (QED) is 0.725. The zero-order valence-corrected chi connectivity index (χ0v) is 14.1. The van der Waals surface area contributed by atoms with Crippen LogP contribution in [0.5, 0.6) is 6.01 Å². The number of fused-ring (bicyclic) bond motifs is 1. The number of piperidine rings is 1. The first-order valence-corrected chi connectivity index (χ1v) is 8.61. The molecule has 26 heavy (non-hydrogen) atoms. The summed E-state index contributed by atoms with van der Waals surface area (Å²) < 4.78 is 18.6. The molecule has 1 aliphatic rings. The highest BCUT2D eigenvalue weighted by Gasteiger charge is 2.26. The van der Waals surface area contributed by atoms with E-state index in [0.29, 0.717) is 18.7 Å². The minimum Gasteiger partial charge on any atom is -0.458 e. The molecule has 1 atom stereocenters. The van der Waals surface area contributed by atoms with Crippen LogP contribution in [0.4, 0.5) is 4.39 Å². The summed E-state index contributed by atoms with van der Waals surface area (Å²) in [4.78, 5) is 22.3. The van der Waals surface area contributed by atoms with Crippen molar-refractivity contribution >= 4 is 16.7 Å². The Kier molecular flexibility index (Phi) is 4.48. The van der Waals surface area contributed by atoms with Crippen LogP contribution in [-0.2, 0) is 0 Å². The highest BCUT2D eigenvalue weighted by Crippen LogP contribution is 2.20. The van der Waals surface area contributed by atoms with Crippen molar-refractivity contribution in [3.63, 3.8) is 0 Å². The van der Waals surface area contributed by atoms with Gasteiger partial charge in [0, 0.05) is 12.1 Å². The van der Waals surface area contributed by atoms with Crippen molar-refractivity contribution in [2.75, 3.05) is 13.1 Å². The van der Waals surface area contributed by atoms with Gasteiger partial charge >= 0.3 is 6.01 Å². The first-order chi connectivity index (χ1) is 12.7. The van der Waals surface area contributed by atoms with Crippen molar-refractivity contribution in [2.45, 2.75) is 18.9 Å². The van der Waals surface area contributed by atoms with Gasteiger partial charge in [-0.2, -0.15) is 0 Å². The van der Waals surface area contributed by atoms with E-state index < -0.39 is 5.82 Å². The van der Waals surface area contributed by atoms with Gasteiger partial charge in [0.1, 0.15) is 6.10 Å². The normalized spacial score (nSPS) is 17.3. The maximum Gasteiger partial charge on any atom is 0.316 e. The van der Waals surface area contributed by atoms with Crippen molar-refractivity contribution in [3.05, 3.63) is 66.2 Å². The lowest BCUT2D eigenvalue weighted by atomic mass is 10.0. The third kappa shape index (κ3) is 3.49. The number of nitrogens with zero attached hydrogens (tertiary/aromatic N) is 3. The van der Waals surface area contributed by atoms with Crippen LogP contribution in [0.1, 0.15) is 23.2 Å². The molecule has 0 saturated carbocycles. The molecule has 1 aliphatic heterocycles. The fourth-order valence-electron chi connectivity index (χ4n) is 3.23. The van der Waals surface area contributed by atoms with Crippen LogP contribution in [0.25, 0.3) is 10.8 Å². The Morgan fingerprint density at radius 1 is 1.12 bits per heavy atom. The van der Waals surface area contributed by atoms with E-state index in [9.17, 15) is 9.18 Å². The molecule has 1 saturated heterocycles. The molecule has 132 valence electrons. The average molecular weight is 351 g/mol. The fourth-order valence-corrected chi connectivity index (χ4v) is 3.23. The zero-order chi connectivity index (χ0) is 17.9. The fraction of sp³-hybridized carbons (Fsp3) is 0.250. The molecule has 2 heterocycles. The predicted molar refractivity (Wildman–Crippen MR) is 95.5 cm³/mol. The van der Waals surface area contributed by atoms with Crippen LogP contribution in [0.2, 0.25) is 0 Å². The van der Waals surface area contributed by atoms with Gasteiger partial charge in [-0.1, -0.05) is 30.3 Å². The third-order valence-corrected chi connectivity index (χ3v) is 4.53. The lowest BCUT2D eigenvalue weighted by molar-refractivity contribution is 0.0515. The van der Waals surface area contributed by atoms with Gasteiger partial charge in [-0.25, -0.2) is 14.4 Å². The lowest BCUT2D eigenvalue weighted by Gasteiger charge is -2.32. The minimum absolute atomic E-state index is 0.0101. The van der Waals surface area contributed by atoms with Gasteiger partial charge in [0.05, 0.1) is 18.9 Å². The maximum absolute atomic E-state index is 12.9. The predicted octanol–water partition coefficient (Wildman–Crippen LogP) is 3.45. The smallest absolute Gasteiger partial charge is 0.316 e. The van der Waals surface area contributed by atoms with Crippen molar-refractivity contribution in [3.8, 4) is 6.01 Å². The van der Waals surface area contributed by atoms with Gasteiger partial charge < -0.3 is 9.64 Å². The molecular weight excluding hydrogens is 333 g/mol. The summed E-state index contributed by atoms with van der Waals surface area (Å²) in [6.45, 7) is 1.15. The van der Waals surface area contributed by atoms with Crippen LogP contribution in [0.15, 0.2) is 54.9 Å². The Morgan fingerprint density at radius 3 is 2.69 bits per heavy atom. The van der Waals surface area contributed by atoms with Crippen LogP contribution in [0.3, 0.4) is 0 Å². The van der Waals surface area contributed by atoms with E-state index in [0.717, 1.165) is 36.0 Å². The SMILES string of the molecule is O=C(c1ccc2ccccc2c1)N1CCCC(Oc2ncc(F)cn2)C1. The largest absolute Gasteiger partial charge is 0.458 e. The van der Waals surface area contributed by atoms with E-state index >= 15 is 0 Å². The van der Waals surface area contributed by atoms with Crippen molar-refractivity contribution in [1.82, 2.24) is 14.9 Å². The number of aromatic nitrogens is 2. The van der Waals surface area contributed by atoms with E-state index in [-0.39, 0.29) is 18.0 Å². The van der Waals surface area contributed by atoms with E-state index in [1.54, 1.807) is 4.90 Å². The number of amides is 1. The first kappa shape index (κ1) is 16.4. The van der Waals surface area contributed by atoms with Gasteiger partial charge in [0.2, 0.25) is 0 Å². The van der Waals surface area contributed by atoms with Crippen molar-refractivity contribution < 1.29 is 13.9 Å². The number of ether oxygens (including phenoxy) is 1. The molecule has 0 aliphatic carbocycles. The topological polar surface area (TPSA) is 55.3 Å². The first-order valence-electron chi connectivity index (χ1n) is 8.61. The van der Waals surface area contributed by atoms with Crippen LogP contribution in [0, 0.1) is 5.82 Å². The molecule has 6 heteroatoms. The summed E-state index contributed by atoms with van der Waals surface area (Å²) in [7, 11) is 0. The third-order valence-electron chi connectivity index (χ3n) is 4.53. The summed E-state index contributed by atoms with van der Waals surface area (Å²) in [5.41, 5.74) is 0.669. The Bertz CT molecular complexity index is 930. The van der Waals surface area contributed by atoms with Crippen LogP contribution >= 0.6 is 0 Å². The molecule has 0 radical (unpaired) electrons. The Labute approximate surface area is 150 Å². The molecule has 0 spiro atoms. The van der Waals surface area contributed by atoms with Gasteiger partial charge in [0.25, 0.3) is 5.91 Å². The van der Waals surface area contributed by atoms with Gasteiger partial charge in [-0.15, -0.1) is 0 Å². The lowest BCUT2D eigenvalue weighted by Crippen LogP contribution is -2.44. The van der Waals surface area contributed by atoms with E-state index in [1.807, 2.05) is 42.5 Å². The molecule has 0 bridgehead atoms. The standard InChI is InChI=1S/C20H18FN3O2/c21-17-11-22-20(23-12-17)26-18-6-3-9-24(13-18)19(25)16-8-7-14-4-1-2-5-15(14)10-16/h1-2,4-5,7-8,10-12,18H,3,6,9,13H2. The molecule has 4 rings (SSSR count). The average Bonchev–Trinajstić information content (AvgIpc) is 2.69. The van der Waals surface area contributed by atoms with Crippen LogP contribution < -0.4 is 4.74 Å². The number of halogens is 1. The number of benzene rings is 2. The molecule has 2 aromatic carbocycles. The molecule has 1 fully saturated rings. The van der Waals surface area contributed by atoms with E-state index in [1.165, 1.54) is 0 Å². The van der Waals surface area contributed by atoms with Gasteiger partial charge in [-0.3, -0.25) is 4.79 Å². The number of hydrogen-bond donors (Lipinski definition) is 0. The highest BCUT2D eigenvalue weighted by molar-refractivity contribution is 5.98. The summed E-state index contributed by atoms with van der Waals surface area (Å²) >= 11 is 0. The second-order valence-corrected chi connectivity index (χ2v) is 6.38. The molecule has 1 unspecified atom stereocenters. The Hall–Kier alpha value is -3.02. The molecule has 5 nitrogen and oxygen atoms in total. The van der Waals surface area contributed by atoms with E-state index in [2.05, 4.69) is 9.97 Å². The number of carbonyl (C=O) groups is 1. The second-order valence-electron chi connectivity index (χ2n) is 6.38. The maximum atomic E-state index is 12.9. The summed E-state index contributed by atoms with van der Waals surface area (Å²) in [6, 6.07) is 13.8. The molecular formula is C20H18FN3O2. The minimum atomic E-state index is -0.505. The monoisotopic (exact) mass is 351 g/mol. The molecule has 3 aromatic rings. The Morgan fingerprint density at radius 2 is 1.88 bits per heavy atom. The summed E-state index contributed by atoms with van der Waals surface area (Å²) in [6.07, 6.45) is 3.60. The number of rotatable bonds is 3. The summed E-state index contributed by atoms with van der Waals surface area (Å²) in [5, 5.41) is 2.15. The van der Waals surface area contributed by atoms with Crippen molar-refractivity contribution in [2.24, 2.45) is 0 Å². The van der Waals surface area contributed by atoms with Gasteiger partial charge in [-0.05, 0) is 35.7 Å². The number of hydrogen-bond acceptors (Lipinski definition) is 4. The molecule has 1 amide bonds. The molecule has 1 aromatic heterocycles. The highest BCUT2D eigenvalue weighted by atomic mass is 19.1. The molecule has 0 N–H and O–H groups in total. The van der Waals surface area contributed by atoms with Crippen molar-refractivity contribution in [1.29, 1.82) is 0 Å². The van der Waals surface area contributed by atoms with Gasteiger partial charge in [0.15, 0.2) is 5.82 Å². The van der Waals surface area contributed by atoms with Crippen LogP contribution in [-0.4, -0.2) is 40.0 Å². The second kappa shape index (κ2) is 7.07. The summed E-state index contributed by atoms with van der Waals surface area (Å²) in [5.74, 6) is -0.516. The number of likely N-dealkylation sites (tertiary alicyclic amines) is 1.